The highest BCUT2D eigenvalue weighted by Gasteiger charge is 2.20. The zero-order valence-corrected chi connectivity index (χ0v) is 15.6. The highest BCUT2D eigenvalue weighted by Crippen LogP contribution is 2.38. The molecule has 0 unspecified atom stereocenters. The number of carbonyl (C=O) groups is 2. The maximum absolute atomic E-state index is 12.3. The van der Waals surface area contributed by atoms with Crippen LogP contribution in [0.15, 0.2) is 58.3 Å². The Hall–Kier alpha value is -2.57. The number of nitrogens with one attached hydrogen (secondary N) is 2. The van der Waals surface area contributed by atoms with Gasteiger partial charge in [-0.3, -0.25) is 9.59 Å². The van der Waals surface area contributed by atoms with E-state index in [-0.39, 0.29) is 17.9 Å². The van der Waals surface area contributed by atoms with Gasteiger partial charge in [0.1, 0.15) is 0 Å². The number of fused-ring (bicyclic) bond motifs is 1. The van der Waals surface area contributed by atoms with Crippen LogP contribution in [0.3, 0.4) is 0 Å². The molecule has 2 aliphatic rings. The molecule has 0 bridgehead atoms. The molecule has 5 nitrogen and oxygen atoms in total. The molecule has 2 aromatic rings. The van der Waals surface area contributed by atoms with Crippen molar-refractivity contribution in [2.24, 2.45) is 0 Å². The Morgan fingerprint density at radius 1 is 1.22 bits per heavy atom. The van der Waals surface area contributed by atoms with Crippen LogP contribution in [0.5, 0.6) is 0 Å². The minimum Gasteiger partial charge on any atom is -0.376 e. The average molecular weight is 380 g/mol. The molecule has 27 heavy (non-hydrogen) atoms. The molecule has 1 atom stereocenters. The lowest BCUT2D eigenvalue weighted by atomic mass is 10.1. The van der Waals surface area contributed by atoms with Crippen molar-refractivity contribution in [2.75, 3.05) is 18.5 Å². The van der Waals surface area contributed by atoms with Gasteiger partial charge >= 0.3 is 0 Å². The number of amides is 2. The van der Waals surface area contributed by atoms with Crippen molar-refractivity contribution >= 4 is 35.3 Å². The zero-order valence-electron chi connectivity index (χ0n) is 14.7. The van der Waals surface area contributed by atoms with Crippen LogP contribution < -0.4 is 10.6 Å². The Bertz CT molecular complexity index is 887. The fourth-order valence-electron chi connectivity index (χ4n) is 3.10. The molecule has 4 rings (SSSR count). The first-order valence-electron chi connectivity index (χ1n) is 8.99. The molecular formula is C21H20N2O3S. The number of thioether (sulfide) groups is 1. The van der Waals surface area contributed by atoms with E-state index in [4.69, 9.17) is 4.74 Å². The normalized spacial score (nSPS) is 20.2. The number of carbonyl (C=O) groups excluding carboxylic acids is 2. The van der Waals surface area contributed by atoms with Gasteiger partial charge in [-0.1, -0.05) is 36.0 Å². The summed E-state index contributed by atoms with van der Waals surface area (Å²) in [7, 11) is 0. The molecule has 2 aromatic carbocycles. The Morgan fingerprint density at radius 3 is 2.81 bits per heavy atom. The lowest BCUT2D eigenvalue weighted by molar-refractivity contribution is -0.112. The van der Waals surface area contributed by atoms with Crippen molar-refractivity contribution in [1.29, 1.82) is 0 Å². The Balaban J connectivity index is 1.42. The van der Waals surface area contributed by atoms with E-state index in [2.05, 4.69) is 10.6 Å². The van der Waals surface area contributed by atoms with E-state index < -0.39 is 0 Å². The van der Waals surface area contributed by atoms with Gasteiger partial charge in [0.05, 0.1) is 16.7 Å². The Labute approximate surface area is 162 Å². The van der Waals surface area contributed by atoms with E-state index in [1.807, 2.05) is 42.5 Å². The van der Waals surface area contributed by atoms with Crippen molar-refractivity contribution in [1.82, 2.24) is 5.32 Å². The van der Waals surface area contributed by atoms with Crippen LogP contribution in [-0.2, 0) is 9.53 Å². The second kappa shape index (κ2) is 7.98. The summed E-state index contributed by atoms with van der Waals surface area (Å²) in [5.41, 5.74) is 2.31. The van der Waals surface area contributed by atoms with Gasteiger partial charge in [0.25, 0.3) is 11.8 Å². The van der Waals surface area contributed by atoms with Crippen LogP contribution in [-0.4, -0.2) is 31.1 Å². The van der Waals surface area contributed by atoms with Gasteiger partial charge in [0.15, 0.2) is 0 Å². The quantitative estimate of drug-likeness (QED) is 0.794. The monoisotopic (exact) mass is 380 g/mol. The van der Waals surface area contributed by atoms with Crippen LogP contribution in [0.25, 0.3) is 6.08 Å². The van der Waals surface area contributed by atoms with Crippen molar-refractivity contribution in [3.63, 3.8) is 0 Å². The van der Waals surface area contributed by atoms with Gasteiger partial charge in [-0.15, -0.1) is 0 Å². The van der Waals surface area contributed by atoms with Crippen LogP contribution in [0.4, 0.5) is 5.69 Å². The second-order valence-corrected chi connectivity index (χ2v) is 7.61. The van der Waals surface area contributed by atoms with Crippen molar-refractivity contribution in [2.45, 2.75) is 23.8 Å². The number of para-hydroxylation sites is 1. The summed E-state index contributed by atoms with van der Waals surface area (Å²) in [6, 6.07) is 15.0. The van der Waals surface area contributed by atoms with Crippen LogP contribution in [0.1, 0.15) is 28.8 Å². The minimum absolute atomic E-state index is 0.108. The molecule has 0 aliphatic carbocycles. The summed E-state index contributed by atoms with van der Waals surface area (Å²) < 4.78 is 5.52. The number of anilines is 1. The molecule has 0 saturated carbocycles. The van der Waals surface area contributed by atoms with E-state index in [9.17, 15) is 9.59 Å². The molecule has 2 aliphatic heterocycles. The molecule has 1 saturated heterocycles. The number of hydrogen-bond acceptors (Lipinski definition) is 4. The van der Waals surface area contributed by atoms with Crippen LogP contribution in [0.2, 0.25) is 0 Å². The van der Waals surface area contributed by atoms with Gasteiger partial charge in [-0.25, -0.2) is 0 Å². The highest BCUT2D eigenvalue weighted by molar-refractivity contribution is 8.04. The van der Waals surface area contributed by atoms with Gasteiger partial charge in [0, 0.05) is 23.6 Å². The molecular weight excluding hydrogens is 360 g/mol. The Morgan fingerprint density at radius 2 is 2.04 bits per heavy atom. The summed E-state index contributed by atoms with van der Waals surface area (Å²) >= 11 is 1.45. The molecule has 1 fully saturated rings. The van der Waals surface area contributed by atoms with Gasteiger partial charge < -0.3 is 15.4 Å². The Kier molecular flexibility index (Phi) is 5.27. The third-order valence-electron chi connectivity index (χ3n) is 4.56. The van der Waals surface area contributed by atoms with E-state index in [1.54, 1.807) is 12.1 Å². The van der Waals surface area contributed by atoms with Gasteiger partial charge in [0.2, 0.25) is 0 Å². The first-order chi connectivity index (χ1) is 13.2. The molecule has 2 N–H and O–H groups in total. The summed E-state index contributed by atoms with van der Waals surface area (Å²) in [5.74, 6) is -0.222. The smallest absolute Gasteiger partial charge is 0.262 e. The third kappa shape index (κ3) is 4.23. The molecule has 138 valence electrons. The molecule has 0 aromatic heterocycles. The first-order valence-corrected chi connectivity index (χ1v) is 9.80. The maximum Gasteiger partial charge on any atom is 0.262 e. The van der Waals surface area contributed by atoms with E-state index in [0.717, 1.165) is 35.6 Å². The first kappa shape index (κ1) is 17.8. The summed E-state index contributed by atoms with van der Waals surface area (Å²) in [5, 5.41) is 5.81. The van der Waals surface area contributed by atoms with Crippen molar-refractivity contribution < 1.29 is 14.3 Å². The van der Waals surface area contributed by atoms with Crippen molar-refractivity contribution in [3.05, 3.63) is 64.6 Å². The number of rotatable bonds is 4. The minimum atomic E-state index is -0.114. The maximum atomic E-state index is 12.3. The van der Waals surface area contributed by atoms with Gasteiger partial charge in [-0.05, 0) is 48.7 Å². The summed E-state index contributed by atoms with van der Waals surface area (Å²) in [6.07, 6.45) is 4.02. The molecule has 0 spiro atoms. The number of ether oxygens (including phenoxy) is 1. The summed E-state index contributed by atoms with van der Waals surface area (Å²) in [6.45, 7) is 1.32. The molecule has 2 heterocycles. The van der Waals surface area contributed by atoms with Crippen molar-refractivity contribution in [3.8, 4) is 0 Å². The summed E-state index contributed by atoms with van der Waals surface area (Å²) in [4.78, 5) is 26.2. The molecule has 6 heteroatoms. The van der Waals surface area contributed by atoms with Crippen LogP contribution in [0, 0.1) is 0 Å². The molecule has 0 radical (unpaired) electrons. The SMILES string of the molecule is O=C1Nc2ccccc2S/C1=C/c1ccc(C(=O)NC[C@H]2CCCO2)cc1. The lowest BCUT2D eigenvalue weighted by Crippen LogP contribution is -2.31. The largest absolute Gasteiger partial charge is 0.376 e. The number of hydrogen-bond donors (Lipinski definition) is 2. The molecule has 2 amide bonds. The standard InChI is InChI=1S/C21H20N2O3S/c24-20(22-13-16-4-3-11-26-16)15-9-7-14(8-10-15)12-19-21(25)23-17-5-1-2-6-18(17)27-19/h1-2,5-10,12,16H,3-4,11,13H2,(H,22,24)(H,23,25)/b19-12+/t16-/m1/s1. The third-order valence-corrected chi connectivity index (χ3v) is 5.66. The predicted octanol–water partition coefficient (Wildman–Crippen LogP) is 3.68. The predicted molar refractivity (Wildman–Crippen MR) is 107 cm³/mol. The lowest BCUT2D eigenvalue weighted by Gasteiger charge is -2.18. The average Bonchev–Trinajstić information content (AvgIpc) is 3.21. The highest BCUT2D eigenvalue weighted by atomic mass is 32.2. The number of benzene rings is 2. The zero-order chi connectivity index (χ0) is 18.6. The topological polar surface area (TPSA) is 67.4 Å². The fraction of sp³-hybridized carbons (Fsp3) is 0.238. The van der Waals surface area contributed by atoms with E-state index in [0.29, 0.717) is 17.0 Å². The fourth-order valence-corrected chi connectivity index (χ4v) is 4.05. The van der Waals surface area contributed by atoms with E-state index >= 15 is 0 Å². The van der Waals surface area contributed by atoms with Crippen LogP contribution >= 0.6 is 11.8 Å². The van der Waals surface area contributed by atoms with E-state index in [1.165, 1.54) is 11.8 Å². The second-order valence-electron chi connectivity index (χ2n) is 6.53. The van der Waals surface area contributed by atoms with Gasteiger partial charge in [-0.2, -0.15) is 0 Å².